The number of ether oxygens (including phenoxy) is 1. The summed E-state index contributed by atoms with van der Waals surface area (Å²) >= 11 is 0. The molecule has 1 amide bonds. The number of carbonyl (C=O) groups is 1. The number of nitrogens with one attached hydrogen (secondary N) is 1. The molecule has 3 aliphatic rings. The van der Waals surface area contributed by atoms with Gasteiger partial charge in [0.2, 0.25) is 5.91 Å². The first kappa shape index (κ1) is 22.8. The van der Waals surface area contributed by atoms with Crippen molar-refractivity contribution >= 4 is 5.91 Å². The fourth-order valence-corrected chi connectivity index (χ4v) is 5.83. The first-order chi connectivity index (χ1) is 14.8. The Labute approximate surface area is 189 Å². The van der Waals surface area contributed by atoms with Gasteiger partial charge in [-0.05, 0) is 92.5 Å². The third kappa shape index (κ3) is 5.70. The Kier molecular flexibility index (Phi) is 7.07. The zero-order chi connectivity index (χ0) is 21.9. The molecule has 1 aliphatic carbocycles. The number of carbonyl (C=O) groups excluding carboxylic acids is 1. The molecule has 31 heavy (non-hydrogen) atoms. The topological polar surface area (TPSA) is 41.6 Å². The smallest absolute Gasteiger partial charge is 0.220 e. The van der Waals surface area contributed by atoms with E-state index in [2.05, 4.69) is 55.3 Å². The van der Waals surface area contributed by atoms with Crippen LogP contribution in [0.15, 0.2) is 24.3 Å². The van der Waals surface area contributed by atoms with Gasteiger partial charge in [-0.1, -0.05) is 45.0 Å². The molecule has 1 N–H and O–H groups in total. The van der Waals surface area contributed by atoms with Crippen molar-refractivity contribution in [2.45, 2.75) is 83.6 Å². The minimum absolute atomic E-state index is 0.174. The molecule has 0 aromatic heterocycles. The molecule has 0 unspecified atom stereocenters. The van der Waals surface area contributed by atoms with Crippen molar-refractivity contribution in [2.75, 3.05) is 32.8 Å². The van der Waals surface area contributed by atoms with E-state index in [-0.39, 0.29) is 11.9 Å². The van der Waals surface area contributed by atoms with Gasteiger partial charge in [-0.3, -0.25) is 4.79 Å². The molecule has 0 radical (unpaired) electrons. The van der Waals surface area contributed by atoms with Crippen LogP contribution in [0.2, 0.25) is 0 Å². The number of benzene rings is 1. The third-order valence-electron chi connectivity index (χ3n) is 7.96. The third-order valence-corrected chi connectivity index (χ3v) is 7.96. The highest BCUT2D eigenvalue weighted by Crippen LogP contribution is 2.48. The Morgan fingerprint density at radius 1 is 1.10 bits per heavy atom. The molecule has 4 rings (SSSR count). The van der Waals surface area contributed by atoms with Crippen molar-refractivity contribution in [3.8, 4) is 0 Å². The van der Waals surface area contributed by atoms with Gasteiger partial charge >= 0.3 is 0 Å². The van der Waals surface area contributed by atoms with Crippen molar-refractivity contribution in [1.82, 2.24) is 10.2 Å². The van der Waals surface area contributed by atoms with Gasteiger partial charge in [-0.2, -0.15) is 0 Å². The number of amides is 1. The molecule has 2 heterocycles. The minimum atomic E-state index is 0.174. The molecule has 2 saturated heterocycles. The van der Waals surface area contributed by atoms with Gasteiger partial charge in [-0.15, -0.1) is 0 Å². The molecule has 1 atom stereocenters. The normalized spacial score (nSPS) is 24.7. The van der Waals surface area contributed by atoms with Crippen LogP contribution in [0.3, 0.4) is 0 Å². The highest BCUT2D eigenvalue weighted by molar-refractivity contribution is 5.77. The molecular formula is C27H42N2O2. The van der Waals surface area contributed by atoms with E-state index in [4.69, 9.17) is 4.74 Å². The minimum Gasteiger partial charge on any atom is -0.381 e. The first-order valence-corrected chi connectivity index (χ1v) is 12.5. The zero-order valence-corrected chi connectivity index (χ0v) is 19.9. The van der Waals surface area contributed by atoms with Crippen LogP contribution in [0, 0.1) is 11.3 Å². The van der Waals surface area contributed by atoms with Crippen molar-refractivity contribution in [1.29, 1.82) is 0 Å². The predicted molar refractivity (Wildman–Crippen MR) is 126 cm³/mol. The molecule has 1 aromatic rings. The summed E-state index contributed by atoms with van der Waals surface area (Å²) in [6.45, 7) is 12.2. The highest BCUT2D eigenvalue weighted by atomic mass is 16.5. The van der Waals surface area contributed by atoms with Gasteiger partial charge in [0.15, 0.2) is 0 Å². The Morgan fingerprint density at radius 3 is 2.52 bits per heavy atom. The van der Waals surface area contributed by atoms with E-state index in [0.717, 1.165) is 32.5 Å². The summed E-state index contributed by atoms with van der Waals surface area (Å²) in [4.78, 5) is 15.5. The quantitative estimate of drug-likeness (QED) is 0.701. The molecule has 1 aromatic carbocycles. The van der Waals surface area contributed by atoms with E-state index < -0.39 is 0 Å². The second-order valence-electron chi connectivity index (χ2n) is 11.4. The van der Waals surface area contributed by atoms with Crippen LogP contribution >= 0.6 is 0 Å². The molecule has 0 saturated carbocycles. The molecule has 2 fully saturated rings. The van der Waals surface area contributed by atoms with Crippen LogP contribution in [-0.2, 0) is 14.9 Å². The van der Waals surface area contributed by atoms with Crippen LogP contribution in [0.5, 0.6) is 0 Å². The summed E-state index contributed by atoms with van der Waals surface area (Å²) in [5.74, 6) is 0.705. The lowest BCUT2D eigenvalue weighted by molar-refractivity contribution is -0.123. The number of piperidine rings is 1. The van der Waals surface area contributed by atoms with Crippen LogP contribution in [0.4, 0.5) is 0 Å². The van der Waals surface area contributed by atoms with Crippen LogP contribution in [0.25, 0.3) is 0 Å². The SMILES string of the molecule is CC(C)(C)CCN1CCC2(CC[C@H](NC(=O)CC3CCOCC3)c3ccccc32)CC1. The van der Waals surface area contributed by atoms with Gasteiger partial charge in [0.1, 0.15) is 0 Å². The van der Waals surface area contributed by atoms with Crippen molar-refractivity contribution in [3.05, 3.63) is 35.4 Å². The Balaban J connectivity index is 1.39. The van der Waals surface area contributed by atoms with E-state index in [0.29, 0.717) is 23.2 Å². The van der Waals surface area contributed by atoms with E-state index in [1.54, 1.807) is 0 Å². The molecule has 4 nitrogen and oxygen atoms in total. The second kappa shape index (κ2) is 9.62. The van der Waals surface area contributed by atoms with E-state index in [1.807, 2.05) is 0 Å². The summed E-state index contributed by atoms with van der Waals surface area (Å²) in [5.41, 5.74) is 3.59. The van der Waals surface area contributed by atoms with Gasteiger partial charge < -0.3 is 15.0 Å². The first-order valence-electron chi connectivity index (χ1n) is 12.5. The number of fused-ring (bicyclic) bond motifs is 2. The predicted octanol–water partition coefficient (Wildman–Crippen LogP) is 5.22. The second-order valence-corrected chi connectivity index (χ2v) is 11.4. The molecule has 1 spiro atoms. The maximum Gasteiger partial charge on any atom is 0.220 e. The van der Waals surface area contributed by atoms with Crippen molar-refractivity contribution in [3.63, 3.8) is 0 Å². The summed E-state index contributed by atoms with van der Waals surface area (Å²) in [6, 6.07) is 9.12. The van der Waals surface area contributed by atoms with Crippen molar-refractivity contribution < 1.29 is 9.53 Å². The lowest BCUT2D eigenvalue weighted by Crippen LogP contribution is -2.46. The highest BCUT2D eigenvalue weighted by Gasteiger charge is 2.42. The maximum absolute atomic E-state index is 12.8. The zero-order valence-electron chi connectivity index (χ0n) is 19.9. The van der Waals surface area contributed by atoms with E-state index in [9.17, 15) is 4.79 Å². The molecule has 2 aliphatic heterocycles. The summed E-state index contributed by atoms with van der Waals surface area (Å²) < 4.78 is 5.45. The molecule has 172 valence electrons. The number of hydrogen-bond acceptors (Lipinski definition) is 3. The van der Waals surface area contributed by atoms with Gasteiger partial charge in [0.05, 0.1) is 6.04 Å². The van der Waals surface area contributed by atoms with Gasteiger partial charge in [-0.25, -0.2) is 0 Å². The van der Waals surface area contributed by atoms with Gasteiger partial charge in [0, 0.05) is 19.6 Å². The van der Waals surface area contributed by atoms with E-state index >= 15 is 0 Å². The van der Waals surface area contributed by atoms with Crippen LogP contribution < -0.4 is 5.32 Å². The Morgan fingerprint density at radius 2 is 1.81 bits per heavy atom. The fourth-order valence-electron chi connectivity index (χ4n) is 5.83. The lowest BCUT2D eigenvalue weighted by atomic mass is 9.63. The van der Waals surface area contributed by atoms with Crippen molar-refractivity contribution in [2.24, 2.45) is 11.3 Å². The molecular weight excluding hydrogens is 384 g/mol. The number of hydrogen-bond donors (Lipinski definition) is 1. The molecule has 4 heteroatoms. The Hall–Kier alpha value is -1.39. The summed E-state index contributed by atoms with van der Waals surface area (Å²) in [5, 5.41) is 3.40. The summed E-state index contributed by atoms with van der Waals surface area (Å²) in [6.07, 6.45) is 8.70. The van der Waals surface area contributed by atoms with Gasteiger partial charge in [0.25, 0.3) is 0 Å². The lowest BCUT2D eigenvalue weighted by Gasteiger charge is -2.47. The van der Waals surface area contributed by atoms with Crippen LogP contribution in [0.1, 0.15) is 89.3 Å². The average molecular weight is 427 g/mol. The van der Waals surface area contributed by atoms with Crippen LogP contribution in [-0.4, -0.2) is 43.7 Å². The molecule has 0 bridgehead atoms. The largest absolute Gasteiger partial charge is 0.381 e. The Bertz CT molecular complexity index is 740. The average Bonchev–Trinajstić information content (AvgIpc) is 2.76. The fraction of sp³-hybridized carbons (Fsp3) is 0.741. The summed E-state index contributed by atoms with van der Waals surface area (Å²) in [7, 11) is 0. The number of rotatable bonds is 5. The monoisotopic (exact) mass is 426 g/mol. The maximum atomic E-state index is 12.8. The standard InChI is InChI=1S/C27H42N2O2/c1-26(2,3)12-15-29-16-13-27(14-17-29)11-8-24(22-6-4-5-7-23(22)27)28-25(30)20-21-9-18-31-19-10-21/h4-7,21,24H,8-20H2,1-3H3,(H,28,30)/t24-/m0/s1. The van der Waals surface area contributed by atoms with E-state index in [1.165, 1.54) is 56.4 Å². The number of likely N-dealkylation sites (tertiary alicyclic amines) is 1. The number of nitrogens with zero attached hydrogens (tertiary/aromatic N) is 1.